The maximum absolute atomic E-state index is 11.2. The highest BCUT2D eigenvalue weighted by Crippen LogP contribution is 2.24. The molecule has 2 rings (SSSR count). The summed E-state index contributed by atoms with van der Waals surface area (Å²) in [6, 6.07) is 0. The van der Waals surface area contributed by atoms with Crippen LogP contribution in [-0.4, -0.2) is 48.8 Å². The summed E-state index contributed by atoms with van der Waals surface area (Å²) in [6.07, 6.45) is 3.34. The predicted molar refractivity (Wildman–Crippen MR) is 55.7 cm³/mol. The van der Waals surface area contributed by atoms with Crippen molar-refractivity contribution in [1.29, 1.82) is 0 Å². The van der Waals surface area contributed by atoms with E-state index in [0.717, 1.165) is 26.1 Å². The fraction of sp³-hybridized carbons (Fsp3) is 0.909. The summed E-state index contributed by atoms with van der Waals surface area (Å²) in [6.45, 7) is 4.21. The van der Waals surface area contributed by atoms with Gasteiger partial charge in [-0.05, 0) is 38.3 Å². The summed E-state index contributed by atoms with van der Waals surface area (Å²) < 4.78 is 5.27. The topological polar surface area (TPSA) is 49.8 Å². The number of hydrogen-bond donors (Lipinski definition) is 1. The lowest BCUT2D eigenvalue weighted by Crippen LogP contribution is -2.36. The Labute approximate surface area is 90.2 Å². The van der Waals surface area contributed by atoms with Gasteiger partial charge in [-0.25, -0.2) is 0 Å². The van der Waals surface area contributed by atoms with Gasteiger partial charge in [0.1, 0.15) is 0 Å². The molecule has 2 fully saturated rings. The van der Waals surface area contributed by atoms with Crippen molar-refractivity contribution >= 4 is 5.97 Å². The minimum absolute atomic E-state index is 0.225. The Morgan fingerprint density at radius 1 is 1.47 bits per heavy atom. The lowest BCUT2D eigenvalue weighted by atomic mass is 9.91. The molecule has 0 aromatic carbocycles. The minimum Gasteiger partial charge on any atom is -0.481 e. The lowest BCUT2D eigenvalue weighted by molar-refractivity contribution is -0.144. The normalized spacial score (nSPS) is 29.5. The largest absolute Gasteiger partial charge is 0.481 e. The van der Waals surface area contributed by atoms with E-state index in [1.165, 1.54) is 12.8 Å². The Bertz CT molecular complexity index is 220. The molecule has 0 radical (unpaired) electrons. The quantitative estimate of drug-likeness (QED) is 0.751. The number of likely N-dealkylation sites (tertiary alicyclic amines) is 1. The number of carboxylic acid groups (broad SMARTS) is 1. The number of ether oxygens (including phenoxy) is 1. The van der Waals surface area contributed by atoms with Crippen molar-refractivity contribution in [1.82, 2.24) is 4.90 Å². The fourth-order valence-electron chi connectivity index (χ4n) is 2.54. The molecule has 2 atom stereocenters. The van der Waals surface area contributed by atoms with E-state index >= 15 is 0 Å². The summed E-state index contributed by atoms with van der Waals surface area (Å²) in [4.78, 5) is 13.5. The van der Waals surface area contributed by atoms with Crippen LogP contribution in [0.15, 0.2) is 0 Å². The van der Waals surface area contributed by atoms with Crippen molar-refractivity contribution in [3.05, 3.63) is 0 Å². The van der Waals surface area contributed by atoms with E-state index in [9.17, 15) is 9.90 Å². The van der Waals surface area contributed by atoms with E-state index in [1.807, 2.05) is 0 Å². The van der Waals surface area contributed by atoms with Gasteiger partial charge in [-0.2, -0.15) is 0 Å². The molecule has 0 aromatic heterocycles. The van der Waals surface area contributed by atoms with Crippen LogP contribution in [0.2, 0.25) is 0 Å². The predicted octanol–water partition coefficient (Wildman–Crippen LogP) is 0.819. The monoisotopic (exact) mass is 213 g/mol. The van der Waals surface area contributed by atoms with Crippen LogP contribution in [0.25, 0.3) is 0 Å². The van der Waals surface area contributed by atoms with Crippen LogP contribution in [0.5, 0.6) is 0 Å². The molecule has 2 saturated heterocycles. The van der Waals surface area contributed by atoms with Crippen molar-refractivity contribution in [2.75, 3.05) is 32.8 Å². The molecule has 86 valence electrons. The molecular formula is C11H19NO3. The summed E-state index contributed by atoms with van der Waals surface area (Å²) in [5, 5.41) is 9.21. The molecule has 2 heterocycles. The van der Waals surface area contributed by atoms with Crippen LogP contribution in [0.4, 0.5) is 0 Å². The van der Waals surface area contributed by atoms with Crippen molar-refractivity contribution in [3.8, 4) is 0 Å². The van der Waals surface area contributed by atoms with Gasteiger partial charge in [-0.15, -0.1) is 0 Å². The average molecular weight is 213 g/mol. The van der Waals surface area contributed by atoms with Crippen LogP contribution in [-0.2, 0) is 9.53 Å². The average Bonchev–Trinajstić information content (AvgIpc) is 2.87. The highest BCUT2D eigenvalue weighted by molar-refractivity contribution is 5.70. The molecule has 4 nitrogen and oxygen atoms in total. The van der Waals surface area contributed by atoms with E-state index in [2.05, 4.69) is 4.90 Å². The van der Waals surface area contributed by atoms with E-state index in [4.69, 9.17) is 4.74 Å². The van der Waals surface area contributed by atoms with Crippen molar-refractivity contribution in [2.45, 2.75) is 19.3 Å². The Hall–Kier alpha value is -0.610. The summed E-state index contributed by atoms with van der Waals surface area (Å²) in [5.41, 5.74) is 0. The van der Waals surface area contributed by atoms with E-state index < -0.39 is 5.97 Å². The first-order chi connectivity index (χ1) is 7.27. The molecule has 0 aliphatic carbocycles. The highest BCUT2D eigenvalue weighted by Gasteiger charge is 2.33. The van der Waals surface area contributed by atoms with E-state index in [-0.39, 0.29) is 11.8 Å². The molecule has 1 N–H and O–H groups in total. The SMILES string of the molecule is O=C(O)C(CN1CCCC1)C1CCOC1. The highest BCUT2D eigenvalue weighted by atomic mass is 16.5. The van der Waals surface area contributed by atoms with Crippen molar-refractivity contribution in [2.24, 2.45) is 11.8 Å². The number of carbonyl (C=O) groups is 1. The molecule has 0 spiro atoms. The smallest absolute Gasteiger partial charge is 0.308 e. The second-order valence-electron chi connectivity index (χ2n) is 4.58. The number of aliphatic carboxylic acids is 1. The molecule has 2 unspecified atom stereocenters. The molecule has 0 saturated carbocycles. The van der Waals surface area contributed by atoms with Gasteiger partial charge in [0, 0.05) is 13.2 Å². The molecule has 15 heavy (non-hydrogen) atoms. The zero-order valence-electron chi connectivity index (χ0n) is 9.02. The first-order valence-corrected chi connectivity index (χ1v) is 5.80. The maximum Gasteiger partial charge on any atom is 0.308 e. The zero-order valence-corrected chi connectivity index (χ0v) is 9.02. The van der Waals surface area contributed by atoms with Gasteiger partial charge >= 0.3 is 5.97 Å². The third-order valence-corrected chi connectivity index (χ3v) is 3.50. The molecule has 0 amide bonds. The number of rotatable bonds is 4. The van der Waals surface area contributed by atoms with Gasteiger partial charge < -0.3 is 14.7 Å². The Balaban J connectivity index is 1.89. The fourth-order valence-corrected chi connectivity index (χ4v) is 2.54. The molecule has 0 bridgehead atoms. The van der Waals surface area contributed by atoms with Crippen LogP contribution in [0.1, 0.15) is 19.3 Å². The zero-order chi connectivity index (χ0) is 10.7. The molecular weight excluding hydrogens is 194 g/mol. The Kier molecular flexibility index (Phi) is 3.59. The van der Waals surface area contributed by atoms with Crippen LogP contribution in [0, 0.1) is 11.8 Å². The second-order valence-corrected chi connectivity index (χ2v) is 4.58. The molecule has 2 aliphatic rings. The van der Waals surface area contributed by atoms with E-state index in [1.54, 1.807) is 0 Å². The third-order valence-electron chi connectivity index (χ3n) is 3.50. The van der Waals surface area contributed by atoms with Crippen LogP contribution in [0.3, 0.4) is 0 Å². The van der Waals surface area contributed by atoms with Gasteiger partial charge in [0.2, 0.25) is 0 Å². The lowest BCUT2D eigenvalue weighted by Gasteiger charge is -2.23. The number of hydrogen-bond acceptors (Lipinski definition) is 3. The van der Waals surface area contributed by atoms with Crippen molar-refractivity contribution in [3.63, 3.8) is 0 Å². The maximum atomic E-state index is 11.2. The first-order valence-electron chi connectivity index (χ1n) is 5.80. The second kappa shape index (κ2) is 4.94. The number of nitrogens with zero attached hydrogens (tertiary/aromatic N) is 1. The van der Waals surface area contributed by atoms with Crippen LogP contribution >= 0.6 is 0 Å². The summed E-state index contributed by atoms with van der Waals surface area (Å²) >= 11 is 0. The van der Waals surface area contributed by atoms with Crippen LogP contribution < -0.4 is 0 Å². The summed E-state index contributed by atoms with van der Waals surface area (Å²) in [5.74, 6) is -0.661. The molecule has 0 aromatic rings. The standard InChI is InChI=1S/C11H19NO3/c13-11(14)10(9-3-6-15-8-9)7-12-4-1-2-5-12/h9-10H,1-8H2,(H,13,14). The minimum atomic E-state index is -0.655. The Morgan fingerprint density at radius 2 is 2.20 bits per heavy atom. The van der Waals surface area contributed by atoms with E-state index in [0.29, 0.717) is 13.2 Å². The van der Waals surface area contributed by atoms with Gasteiger partial charge in [0.15, 0.2) is 0 Å². The van der Waals surface area contributed by atoms with Gasteiger partial charge in [-0.1, -0.05) is 0 Å². The third kappa shape index (κ3) is 2.69. The van der Waals surface area contributed by atoms with Gasteiger partial charge in [0.05, 0.1) is 12.5 Å². The molecule has 4 heteroatoms. The summed E-state index contributed by atoms with van der Waals surface area (Å²) in [7, 11) is 0. The van der Waals surface area contributed by atoms with Gasteiger partial charge in [0.25, 0.3) is 0 Å². The van der Waals surface area contributed by atoms with Crippen molar-refractivity contribution < 1.29 is 14.6 Å². The first kappa shape index (κ1) is 10.9. The number of carboxylic acids is 1. The van der Waals surface area contributed by atoms with Gasteiger partial charge in [-0.3, -0.25) is 4.79 Å². The Morgan fingerprint density at radius 3 is 2.73 bits per heavy atom. The molecule has 2 aliphatic heterocycles.